The fraction of sp³-hybridized carbons (Fsp3) is 0.333. The molecule has 0 aromatic heterocycles. The largest absolute Gasteiger partial charge is 0.492 e. The molecule has 1 N–H and O–H groups in total. The van der Waals surface area contributed by atoms with Crippen molar-refractivity contribution in [3.63, 3.8) is 0 Å². The number of benzene rings is 1. The second-order valence-electron chi connectivity index (χ2n) is 3.16. The van der Waals surface area contributed by atoms with Crippen molar-refractivity contribution in [2.24, 2.45) is 0 Å². The van der Waals surface area contributed by atoms with Gasteiger partial charge in [-0.05, 0) is 18.6 Å². The summed E-state index contributed by atoms with van der Waals surface area (Å²) in [5.74, 6) is 1.35. The first-order chi connectivity index (χ1) is 7.24. The first kappa shape index (κ1) is 11.5. The van der Waals surface area contributed by atoms with Crippen LogP contribution in [-0.2, 0) is 0 Å². The van der Waals surface area contributed by atoms with Gasteiger partial charge in [0.25, 0.3) is 0 Å². The lowest BCUT2D eigenvalue weighted by Gasteiger charge is -2.13. The second-order valence-corrected chi connectivity index (χ2v) is 3.16. The lowest BCUT2D eigenvalue weighted by atomic mass is 9.96. The highest BCUT2D eigenvalue weighted by atomic mass is 16.5. The molecule has 0 spiro atoms. The van der Waals surface area contributed by atoms with Crippen molar-refractivity contribution in [3.05, 3.63) is 35.2 Å². The molecule has 0 heterocycles. The molecule has 0 bridgehead atoms. The number of nitriles is 1. The Morgan fingerprint density at radius 3 is 2.80 bits per heavy atom. The van der Waals surface area contributed by atoms with Crippen LogP contribution in [0.1, 0.15) is 25.0 Å². The molecule has 0 aliphatic rings. The van der Waals surface area contributed by atoms with Crippen molar-refractivity contribution in [1.29, 1.82) is 5.26 Å². The van der Waals surface area contributed by atoms with Gasteiger partial charge in [0.2, 0.25) is 0 Å². The van der Waals surface area contributed by atoms with Crippen molar-refractivity contribution in [3.8, 4) is 11.8 Å². The van der Waals surface area contributed by atoms with E-state index in [4.69, 9.17) is 15.1 Å². The van der Waals surface area contributed by atoms with Crippen LogP contribution in [0.5, 0.6) is 5.75 Å². The summed E-state index contributed by atoms with van der Waals surface area (Å²) in [6, 6.07) is 7.50. The van der Waals surface area contributed by atoms with E-state index in [9.17, 15) is 0 Å². The van der Waals surface area contributed by atoms with E-state index in [0.29, 0.717) is 17.9 Å². The van der Waals surface area contributed by atoms with Crippen LogP contribution in [0.15, 0.2) is 18.2 Å². The fourth-order valence-corrected chi connectivity index (χ4v) is 1.36. The van der Waals surface area contributed by atoms with E-state index in [1.165, 1.54) is 0 Å². The third-order valence-electron chi connectivity index (χ3n) is 2.13. The van der Waals surface area contributed by atoms with Gasteiger partial charge in [-0.2, -0.15) is 5.26 Å². The average Bonchev–Trinajstić information content (AvgIpc) is 2.28. The summed E-state index contributed by atoms with van der Waals surface area (Å²) in [5.41, 5.74) is 1.25. The molecular formula is C12H14NO2. The van der Waals surface area contributed by atoms with E-state index in [1.54, 1.807) is 13.0 Å². The van der Waals surface area contributed by atoms with E-state index < -0.39 is 0 Å². The standard InChI is InChI=1S/C12H14NO2/c1-3-15-12-6-4-5-10(9(2)8-14)11(12)7-13/h4-6,14H,3,8H2,1-2H3. The molecule has 3 heteroatoms. The number of aliphatic hydroxyl groups is 1. The highest BCUT2D eigenvalue weighted by molar-refractivity contribution is 5.53. The topological polar surface area (TPSA) is 53.2 Å². The molecule has 1 aromatic carbocycles. The van der Waals surface area contributed by atoms with Crippen molar-refractivity contribution in [1.82, 2.24) is 0 Å². The van der Waals surface area contributed by atoms with E-state index >= 15 is 0 Å². The highest BCUT2D eigenvalue weighted by Crippen LogP contribution is 2.26. The van der Waals surface area contributed by atoms with E-state index in [2.05, 4.69) is 6.07 Å². The highest BCUT2D eigenvalue weighted by Gasteiger charge is 2.14. The molecule has 0 saturated carbocycles. The Morgan fingerprint density at radius 2 is 2.27 bits per heavy atom. The van der Waals surface area contributed by atoms with Crippen LogP contribution in [0, 0.1) is 17.2 Å². The van der Waals surface area contributed by atoms with Gasteiger partial charge in [0.1, 0.15) is 11.8 Å². The summed E-state index contributed by atoms with van der Waals surface area (Å²) in [7, 11) is 0. The van der Waals surface area contributed by atoms with Crippen molar-refractivity contribution >= 4 is 0 Å². The number of rotatable bonds is 4. The van der Waals surface area contributed by atoms with Gasteiger partial charge in [-0.15, -0.1) is 0 Å². The summed E-state index contributed by atoms with van der Waals surface area (Å²) in [6.07, 6.45) is 0. The number of nitrogens with zero attached hydrogens (tertiary/aromatic N) is 1. The van der Waals surface area contributed by atoms with Crippen LogP contribution in [0.3, 0.4) is 0 Å². The van der Waals surface area contributed by atoms with Crippen molar-refractivity contribution < 1.29 is 9.84 Å². The van der Waals surface area contributed by atoms with Gasteiger partial charge < -0.3 is 9.84 Å². The Morgan fingerprint density at radius 1 is 1.53 bits per heavy atom. The van der Waals surface area contributed by atoms with E-state index in [-0.39, 0.29) is 6.61 Å². The quantitative estimate of drug-likeness (QED) is 0.814. The zero-order chi connectivity index (χ0) is 11.3. The maximum Gasteiger partial charge on any atom is 0.137 e. The molecule has 0 saturated heterocycles. The molecule has 3 nitrogen and oxygen atoms in total. The molecule has 0 amide bonds. The third kappa shape index (κ3) is 2.48. The average molecular weight is 204 g/mol. The summed E-state index contributed by atoms with van der Waals surface area (Å²) in [5, 5.41) is 18.1. The van der Waals surface area contributed by atoms with Gasteiger partial charge in [-0.25, -0.2) is 0 Å². The second kappa shape index (κ2) is 5.38. The Balaban J connectivity index is 3.17. The minimum absolute atomic E-state index is 0.0513. The Hall–Kier alpha value is -1.53. The Kier molecular flexibility index (Phi) is 4.14. The molecule has 1 aromatic rings. The van der Waals surface area contributed by atoms with Crippen molar-refractivity contribution in [2.45, 2.75) is 13.8 Å². The zero-order valence-electron chi connectivity index (χ0n) is 8.95. The third-order valence-corrected chi connectivity index (χ3v) is 2.13. The lowest BCUT2D eigenvalue weighted by molar-refractivity contribution is 0.314. The smallest absolute Gasteiger partial charge is 0.137 e. The first-order valence-electron chi connectivity index (χ1n) is 4.84. The Bertz CT molecular complexity index is 368. The van der Waals surface area contributed by atoms with Gasteiger partial charge in [0.15, 0.2) is 0 Å². The van der Waals surface area contributed by atoms with Crippen LogP contribution in [0.2, 0.25) is 0 Å². The molecule has 1 rings (SSSR count). The van der Waals surface area contributed by atoms with Gasteiger partial charge in [0, 0.05) is 5.92 Å². The first-order valence-corrected chi connectivity index (χ1v) is 4.84. The van der Waals surface area contributed by atoms with Gasteiger partial charge in [0.05, 0.1) is 18.8 Å². The monoisotopic (exact) mass is 204 g/mol. The minimum Gasteiger partial charge on any atom is -0.492 e. The number of ether oxygens (including phenoxy) is 1. The predicted octanol–water partition coefficient (Wildman–Crippen LogP) is 1.89. The van der Waals surface area contributed by atoms with Crippen LogP contribution in [0.25, 0.3) is 0 Å². The predicted molar refractivity (Wildman–Crippen MR) is 57.4 cm³/mol. The summed E-state index contributed by atoms with van der Waals surface area (Å²) >= 11 is 0. The molecular weight excluding hydrogens is 190 g/mol. The fourth-order valence-electron chi connectivity index (χ4n) is 1.36. The van der Waals surface area contributed by atoms with Crippen LogP contribution in [-0.4, -0.2) is 18.3 Å². The molecule has 0 fully saturated rings. The van der Waals surface area contributed by atoms with Gasteiger partial charge in [-0.1, -0.05) is 19.1 Å². The van der Waals surface area contributed by atoms with Crippen LogP contribution >= 0.6 is 0 Å². The molecule has 15 heavy (non-hydrogen) atoms. The summed E-state index contributed by atoms with van der Waals surface area (Å²) < 4.78 is 5.35. The minimum atomic E-state index is -0.0513. The van der Waals surface area contributed by atoms with Gasteiger partial charge in [-0.3, -0.25) is 0 Å². The number of hydrogen-bond donors (Lipinski definition) is 1. The maximum atomic E-state index is 9.05. The SMILES string of the molecule is CCOc1cccc([C](C)CO)c1C#N. The lowest BCUT2D eigenvalue weighted by Crippen LogP contribution is -2.05. The number of aliphatic hydroxyl groups excluding tert-OH is 1. The molecule has 0 aliphatic heterocycles. The maximum absolute atomic E-state index is 9.05. The molecule has 79 valence electrons. The summed E-state index contributed by atoms with van der Waals surface area (Å²) in [4.78, 5) is 0. The normalized spacial score (nSPS) is 10.1. The van der Waals surface area contributed by atoms with Crippen LogP contribution < -0.4 is 4.74 Å². The number of hydrogen-bond acceptors (Lipinski definition) is 3. The van der Waals surface area contributed by atoms with E-state index in [0.717, 1.165) is 11.5 Å². The summed E-state index contributed by atoms with van der Waals surface area (Å²) in [6.45, 7) is 4.14. The van der Waals surface area contributed by atoms with Gasteiger partial charge >= 0.3 is 0 Å². The molecule has 0 atom stereocenters. The molecule has 1 radical (unpaired) electrons. The van der Waals surface area contributed by atoms with E-state index in [1.807, 2.05) is 19.1 Å². The Labute approximate surface area is 89.9 Å². The zero-order valence-corrected chi connectivity index (χ0v) is 8.95. The van der Waals surface area contributed by atoms with Crippen molar-refractivity contribution in [2.75, 3.05) is 13.2 Å². The van der Waals surface area contributed by atoms with Crippen LogP contribution in [0.4, 0.5) is 0 Å². The molecule has 0 aliphatic carbocycles. The molecule has 0 unspecified atom stereocenters.